The van der Waals surface area contributed by atoms with Crippen LogP contribution in [0.4, 0.5) is 8.78 Å². The van der Waals surface area contributed by atoms with Gasteiger partial charge in [-0.05, 0) is 57.8 Å². The maximum Gasteiger partial charge on any atom is 0.465 e. The molecule has 3 aliphatic heterocycles. The summed E-state index contributed by atoms with van der Waals surface area (Å²) in [6.07, 6.45) is -2.44. The molecule has 11 atom stereocenters. The first kappa shape index (κ1) is 26.7. The first-order valence-electron chi connectivity index (χ1n) is 12.8. The molecule has 6 rings (SSSR count). The molecule has 1 N–H and O–H groups in total. The number of carbonyl (C=O) groups is 2. The minimum absolute atomic E-state index is 0.0312. The van der Waals surface area contributed by atoms with Crippen LogP contribution in [-0.2, 0) is 52.9 Å². The van der Waals surface area contributed by atoms with Gasteiger partial charge in [-0.25, -0.2) is 9.59 Å². The van der Waals surface area contributed by atoms with Crippen LogP contribution < -0.4 is 0 Å². The molecule has 3 heterocycles. The summed E-state index contributed by atoms with van der Waals surface area (Å²) >= 11 is 0. The van der Waals surface area contributed by atoms with E-state index in [1.165, 1.54) is 0 Å². The van der Waals surface area contributed by atoms with Crippen LogP contribution in [0, 0.1) is 17.8 Å². The molecule has 11 unspecified atom stereocenters. The van der Waals surface area contributed by atoms with Crippen molar-refractivity contribution >= 4 is 22.1 Å². The predicted octanol–water partition coefficient (Wildman–Crippen LogP) is 1.51. The molecule has 6 aliphatic rings. The van der Waals surface area contributed by atoms with E-state index in [2.05, 4.69) is 0 Å². The third kappa shape index (κ3) is 3.99. The minimum atomic E-state index is -5.99. The Labute approximate surface area is 217 Å². The lowest BCUT2D eigenvalue weighted by Gasteiger charge is -2.58. The maximum absolute atomic E-state index is 14.0. The molecule has 6 fully saturated rings. The molecule has 3 saturated carbocycles. The number of carbonyl (C=O) groups excluding carboxylic acids is 2. The van der Waals surface area contributed by atoms with Crippen molar-refractivity contribution in [2.75, 3.05) is 6.61 Å². The molecular formula is C23H30F2O12S. The van der Waals surface area contributed by atoms with E-state index in [0.717, 1.165) is 0 Å². The van der Waals surface area contributed by atoms with Crippen molar-refractivity contribution < 1.29 is 64.5 Å². The zero-order chi connectivity index (χ0) is 27.3. The van der Waals surface area contributed by atoms with Crippen molar-refractivity contribution in [2.24, 2.45) is 17.8 Å². The van der Waals surface area contributed by atoms with Crippen molar-refractivity contribution in [3.05, 3.63) is 0 Å². The van der Waals surface area contributed by atoms with Crippen molar-refractivity contribution in [1.82, 2.24) is 0 Å². The standard InChI is InChI=1S/C23H30F2O12S/c1-3-31-10(2)32-16-14-15(33-18(16)26)17-19(34-14)36-22(35-17)8-11-4-5-21(7-12(11)6-13(22)9-21)37-20(27)23(24,25)38(28,29)30/h10-17,19H,3-9H2,1-2H3,(H,28,29,30). The topological polar surface area (TPSA) is 153 Å². The number of esters is 2. The van der Waals surface area contributed by atoms with E-state index in [1.807, 2.05) is 0 Å². The van der Waals surface area contributed by atoms with E-state index in [0.29, 0.717) is 32.3 Å². The molecule has 15 heteroatoms. The molecule has 0 aromatic heterocycles. The first-order chi connectivity index (χ1) is 17.8. The molecule has 214 valence electrons. The molecule has 0 aromatic carbocycles. The minimum Gasteiger partial charge on any atom is -0.454 e. The van der Waals surface area contributed by atoms with Gasteiger partial charge in [-0.1, -0.05) is 0 Å². The lowest BCUT2D eigenvalue weighted by molar-refractivity contribution is -0.309. The Morgan fingerprint density at radius 2 is 1.95 bits per heavy atom. The second-order valence-electron chi connectivity index (χ2n) is 11.1. The molecule has 0 radical (unpaired) electrons. The van der Waals surface area contributed by atoms with Gasteiger partial charge in [0.2, 0.25) is 0 Å². The summed E-state index contributed by atoms with van der Waals surface area (Å²) in [5, 5.41) is -5.08. The number of hydrogen-bond acceptors (Lipinski definition) is 11. The van der Waals surface area contributed by atoms with Gasteiger partial charge in [0, 0.05) is 18.9 Å². The van der Waals surface area contributed by atoms with Gasteiger partial charge in [0.25, 0.3) is 0 Å². The molecule has 3 aliphatic carbocycles. The molecule has 12 nitrogen and oxygen atoms in total. The summed E-state index contributed by atoms with van der Waals surface area (Å²) < 4.78 is 99.6. The van der Waals surface area contributed by atoms with E-state index in [1.54, 1.807) is 13.8 Å². The van der Waals surface area contributed by atoms with Crippen LogP contribution >= 0.6 is 0 Å². The van der Waals surface area contributed by atoms with E-state index >= 15 is 0 Å². The molecule has 0 aromatic rings. The van der Waals surface area contributed by atoms with Crippen molar-refractivity contribution in [3.63, 3.8) is 0 Å². The van der Waals surface area contributed by atoms with Crippen molar-refractivity contribution in [2.45, 2.75) is 106 Å². The van der Waals surface area contributed by atoms with Crippen molar-refractivity contribution in [1.29, 1.82) is 0 Å². The number of alkyl halides is 2. The van der Waals surface area contributed by atoms with Crippen LogP contribution in [-0.4, -0.2) is 85.2 Å². The van der Waals surface area contributed by atoms with E-state index in [9.17, 15) is 26.8 Å². The monoisotopic (exact) mass is 568 g/mol. The fourth-order valence-electron chi connectivity index (χ4n) is 7.36. The summed E-state index contributed by atoms with van der Waals surface area (Å²) in [7, 11) is -5.99. The summed E-state index contributed by atoms with van der Waals surface area (Å²) in [5.41, 5.74) is -1.34. The van der Waals surface area contributed by atoms with Crippen LogP contribution in [0.2, 0.25) is 0 Å². The van der Waals surface area contributed by atoms with Gasteiger partial charge in [0.05, 0.1) is 0 Å². The Hall–Kier alpha value is -1.49. The highest BCUT2D eigenvalue weighted by Crippen LogP contribution is 2.62. The number of halogens is 2. The molecule has 1 spiro atoms. The maximum atomic E-state index is 14.0. The van der Waals surface area contributed by atoms with Gasteiger partial charge in [-0.15, -0.1) is 0 Å². The summed E-state index contributed by atoms with van der Waals surface area (Å²) in [6.45, 7) is 3.85. The number of fused-ring (bicyclic) bond motifs is 6. The highest BCUT2D eigenvalue weighted by molar-refractivity contribution is 7.87. The van der Waals surface area contributed by atoms with E-state index < -0.39 is 75.7 Å². The largest absolute Gasteiger partial charge is 0.465 e. The highest BCUT2D eigenvalue weighted by atomic mass is 32.2. The van der Waals surface area contributed by atoms with Crippen molar-refractivity contribution in [3.8, 4) is 0 Å². The van der Waals surface area contributed by atoms with Gasteiger partial charge in [-0.3, -0.25) is 4.55 Å². The van der Waals surface area contributed by atoms with Crippen LogP contribution in [0.25, 0.3) is 0 Å². The fraction of sp³-hybridized carbons (Fsp3) is 0.913. The highest BCUT2D eigenvalue weighted by Gasteiger charge is 2.70. The summed E-state index contributed by atoms with van der Waals surface area (Å²) in [5.74, 6) is -4.32. The number of hydrogen-bond donors (Lipinski definition) is 1. The summed E-state index contributed by atoms with van der Waals surface area (Å²) in [6, 6.07) is 0. The van der Waals surface area contributed by atoms with Gasteiger partial charge in [-0.2, -0.15) is 17.2 Å². The zero-order valence-electron chi connectivity index (χ0n) is 20.7. The van der Waals surface area contributed by atoms with Crippen LogP contribution in [0.3, 0.4) is 0 Å². The lowest BCUT2D eigenvalue weighted by Crippen LogP contribution is -2.61. The Kier molecular flexibility index (Phi) is 6.15. The molecular weight excluding hydrogens is 538 g/mol. The van der Waals surface area contributed by atoms with E-state index in [-0.39, 0.29) is 30.6 Å². The Bertz CT molecular complexity index is 1120. The second kappa shape index (κ2) is 8.75. The molecule has 0 amide bonds. The second-order valence-corrected chi connectivity index (χ2v) is 12.6. The Balaban J connectivity index is 1.19. The summed E-state index contributed by atoms with van der Waals surface area (Å²) in [4.78, 5) is 24.7. The number of rotatable bonds is 7. The number of ether oxygens (including phenoxy) is 7. The smallest absolute Gasteiger partial charge is 0.454 e. The molecule has 3 bridgehead atoms. The Morgan fingerprint density at radius 3 is 2.66 bits per heavy atom. The zero-order valence-corrected chi connectivity index (χ0v) is 21.6. The van der Waals surface area contributed by atoms with Crippen LogP contribution in [0.1, 0.15) is 52.4 Å². The average Bonchev–Trinajstić information content (AvgIpc) is 3.43. The fourth-order valence-corrected chi connectivity index (χ4v) is 7.61. The predicted molar refractivity (Wildman–Crippen MR) is 117 cm³/mol. The van der Waals surface area contributed by atoms with Gasteiger partial charge in [0.15, 0.2) is 36.7 Å². The van der Waals surface area contributed by atoms with Gasteiger partial charge in [0.1, 0.15) is 11.7 Å². The van der Waals surface area contributed by atoms with Gasteiger partial charge < -0.3 is 33.2 Å². The molecule has 38 heavy (non-hydrogen) atoms. The van der Waals surface area contributed by atoms with Gasteiger partial charge >= 0.3 is 27.3 Å². The first-order valence-corrected chi connectivity index (χ1v) is 14.3. The van der Waals surface area contributed by atoms with Crippen LogP contribution in [0.5, 0.6) is 0 Å². The third-order valence-corrected chi connectivity index (χ3v) is 9.71. The molecule has 3 saturated heterocycles. The average molecular weight is 569 g/mol. The SMILES string of the molecule is CCOC(C)OC1C(=O)OC2C3OC4(CC5CCC6(OC(=O)C(F)(F)S(=O)(=O)O)CC5CC4C6)OC3OC12. The normalized spacial score (nSPS) is 46.1. The van der Waals surface area contributed by atoms with E-state index in [4.69, 9.17) is 37.7 Å². The quantitative estimate of drug-likeness (QED) is 0.269. The van der Waals surface area contributed by atoms with Crippen LogP contribution in [0.15, 0.2) is 0 Å². The Morgan fingerprint density at radius 1 is 1.18 bits per heavy atom. The lowest BCUT2D eigenvalue weighted by atomic mass is 9.54. The third-order valence-electron chi connectivity index (χ3n) is 8.90.